The minimum atomic E-state index is -0.845. The molecule has 0 saturated heterocycles. The number of carbonyl (C=O) groups is 3. The van der Waals surface area contributed by atoms with Crippen LogP contribution in [0.5, 0.6) is 0 Å². The van der Waals surface area contributed by atoms with E-state index >= 15 is 0 Å². The smallest absolute Gasteiger partial charge is 0.408 e. The molecule has 0 spiro atoms. The summed E-state index contributed by atoms with van der Waals surface area (Å²) >= 11 is 0. The van der Waals surface area contributed by atoms with E-state index < -0.39 is 23.5 Å². The van der Waals surface area contributed by atoms with Crippen molar-refractivity contribution < 1.29 is 19.1 Å². The predicted molar refractivity (Wildman–Crippen MR) is 49.9 cm³/mol. The third-order valence-corrected chi connectivity index (χ3v) is 1.28. The Balaban J connectivity index is 4.07. The summed E-state index contributed by atoms with van der Waals surface area (Å²) in [5.41, 5.74) is -0.617. The second kappa shape index (κ2) is 4.74. The number of ether oxygens (including phenoxy) is 1. The number of hydrogen-bond donors (Lipinski definition) is 1. The van der Waals surface area contributed by atoms with Gasteiger partial charge < -0.3 is 10.1 Å². The molecule has 0 saturated carbocycles. The maximum Gasteiger partial charge on any atom is 0.408 e. The number of nitrogens with one attached hydrogen (secondary N) is 1. The number of ketones is 1. The molecular formula is C9H15NO4. The fraction of sp³-hybridized carbons (Fsp3) is 0.667. The van der Waals surface area contributed by atoms with Crippen LogP contribution in [0.4, 0.5) is 4.79 Å². The van der Waals surface area contributed by atoms with Gasteiger partial charge >= 0.3 is 6.09 Å². The fourth-order valence-corrected chi connectivity index (χ4v) is 0.658. The number of carbonyl (C=O) groups excluding carboxylic acids is 3. The van der Waals surface area contributed by atoms with Crippen molar-refractivity contribution in [2.75, 3.05) is 0 Å². The highest BCUT2D eigenvalue weighted by Gasteiger charge is 2.20. The standard InChI is InChI=1S/C9H15NO4/c1-6(7(12)5-11)10-8(13)14-9(2,3)4/h5-6H,1-4H3,(H,10,13). The van der Waals surface area contributed by atoms with E-state index in [2.05, 4.69) is 5.32 Å². The highest BCUT2D eigenvalue weighted by Crippen LogP contribution is 2.06. The van der Waals surface area contributed by atoms with Crippen molar-refractivity contribution in [3.05, 3.63) is 0 Å². The van der Waals surface area contributed by atoms with Crippen molar-refractivity contribution in [2.24, 2.45) is 0 Å². The molecule has 1 amide bonds. The average molecular weight is 201 g/mol. The summed E-state index contributed by atoms with van der Waals surface area (Å²) in [6, 6.07) is -0.845. The van der Waals surface area contributed by atoms with Crippen molar-refractivity contribution in [3.8, 4) is 0 Å². The highest BCUT2D eigenvalue weighted by molar-refractivity contribution is 6.27. The molecule has 1 N–H and O–H groups in total. The number of Topliss-reactive ketones (excluding diaryl/α,β-unsaturated/α-hetero) is 1. The van der Waals surface area contributed by atoms with Gasteiger partial charge in [-0.3, -0.25) is 9.59 Å². The monoisotopic (exact) mass is 201 g/mol. The van der Waals surface area contributed by atoms with Gasteiger partial charge in [0, 0.05) is 0 Å². The molecule has 0 bridgehead atoms. The zero-order valence-electron chi connectivity index (χ0n) is 8.79. The number of alkyl carbamates (subject to hydrolysis) is 1. The van der Waals surface area contributed by atoms with E-state index in [1.165, 1.54) is 6.92 Å². The van der Waals surface area contributed by atoms with Crippen LogP contribution >= 0.6 is 0 Å². The lowest BCUT2D eigenvalue weighted by molar-refractivity contribution is -0.130. The largest absolute Gasteiger partial charge is 0.444 e. The summed E-state index contributed by atoms with van der Waals surface area (Å²) in [6.45, 7) is 6.54. The van der Waals surface area contributed by atoms with Crippen LogP contribution in [0.3, 0.4) is 0 Å². The first-order chi connectivity index (χ1) is 6.26. The fourth-order valence-electron chi connectivity index (χ4n) is 0.658. The van der Waals surface area contributed by atoms with E-state index in [1.807, 2.05) is 0 Å². The van der Waals surface area contributed by atoms with E-state index in [0.29, 0.717) is 0 Å². The maximum absolute atomic E-state index is 11.1. The van der Waals surface area contributed by atoms with Gasteiger partial charge in [0.25, 0.3) is 0 Å². The van der Waals surface area contributed by atoms with E-state index in [1.54, 1.807) is 20.8 Å². The molecule has 14 heavy (non-hydrogen) atoms. The Bertz CT molecular complexity index is 242. The molecule has 80 valence electrons. The lowest BCUT2D eigenvalue weighted by Gasteiger charge is -2.20. The summed E-state index contributed by atoms with van der Waals surface area (Å²) in [6.07, 6.45) is -0.539. The second-order valence-electron chi connectivity index (χ2n) is 3.89. The summed E-state index contributed by atoms with van der Waals surface area (Å²) < 4.78 is 4.88. The van der Waals surface area contributed by atoms with Crippen LogP contribution in [0.1, 0.15) is 27.7 Å². The molecule has 0 aliphatic rings. The molecular weight excluding hydrogens is 186 g/mol. The molecule has 0 aromatic rings. The summed E-state index contributed by atoms with van der Waals surface area (Å²) in [7, 11) is 0. The van der Waals surface area contributed by atoms with Crippen LogP contribution in [0.15, 0.2) is 0 Å². The molecule has 1 unspecified atom stereocenters. The van der Waals surface area contributed by atoms with Gasteiger partial charge in [-0.25, -0.2) is 4.79 Å². The second-order valence-corrected chi connectivity index (χ2v) is 3.89. The van der Waals surface area contributed by atoms with Gasteiger partial charge in [0.05, 0.1) is 6.04 Å². The van der Waals surface area contributed by atoms with Crippen LogP contribution in [0.2, 0.25) is 0 Å². The van der Waals surface area contributed by atoms with Crippen LogP contribution < -0.4 is 5.32 Å². The molecule has 0 rings (SSSR count). The Hall–Kier alpha value is -1.39. The summed E-state index contributed by atoms with van der Waals surface area (Å²) in [4.78, 5) is 31.9. The molecule has 0 aliphatic heterocycles. The van der Waals surface area contributed by atoms with Crippen LogP contribution in [-0.2, 0) is 14.3 Å². The first-order valence-electron chi connectivity index (χ1n) is 4.25. The molecule has 0 radical (unpaired) electrons. The minimum absolute atomic E-state index is 0.169. The van der Waals surface area contributed by atoms with Crippen molar-refractivity contribution in [1.29, 1.82) is 0 Å². The molecule has 0 aromatic carbocycles. The van der Waals surface area contributed by atoms with Crippen molar-refractivity contribution in [1.82, 2.24) is 5.32 Å². The molecule has 1 atom stereocenters. The predicted octanol–water partition coefficient (Wildman–Crippen LogP) is 0.668. The normalized spacial score (nSPS) is 12.9. The molecule has 0 aliphatic carbocycles. The van der Waals surface area contributed by atoms with Gasteiger partial charge in [0.15, 0.2) is 6.29 Å². The number of rotatable bonds is 3. The Morgan fingerprint density at radius 1 is 1.36 bits per heavy atom. The van der Waals surface area contributed by atoms with E-state index in [-0.39, 0.29) is 6.29 Å². The molecule has 0 fully saturated rings. The zero-order valence-corrected chi connectivity index (χ0v) is 8.79. The topological polar surface area (TPSA) is 72.5 Å². The lowest BCUT2D eigenvalue weighted by Crippen LogP contribution is -2.42. The van der Waals surface area contributed by atoms with Gasteiger partial charge in [-0.15, -0.1) is 0 Å². The van der Waals surface area contributed by atoms with E-state index in [9.17, 15) is 14.4 Å². The Labute approximate surface area is 82.8 Å². The summed E-state index contributed by atoms with van der Waals surface area (Å²) in [5, 5.41) is 2.25. The van der Waals surface area contributed by atoms with E-state index in [0.717, 1.165) is 0 Å². The maximum atomic E-state index is 11.1. The number of hydrogen-bond acceptors (Lipinski definition) is 4. The molecule has 0 heterocycles. The molecule has 5 heteroatoms. The Kier molecular flexibility index (Phi) is 4.27. The van der Waals surface area contributed by atoms with Crippen LogP contribution in [0, 0.1) is 0 Å². The van der Waals surface area contributed by atoms with Gasteiger partial charge in [-0.2, -0.15) is 0 Å². The Morgan fingerprint density at radius 3 is 2.21 bits per heavy atom. The zero-order chi connectivity index (χ0) is 11.4. The van der Waals surface area contributed by atoms with Crippen LogP contribution in [0.25, 0.3) is 0 Å². The van der Waals surface area contributed by atoms with Gasteiger partial charge in [0.1, 0.15) is 5.60 Å². The summed E-state index contributed by atoms with van der Waals surface area (Å²) in [5.74, 6) is -0.684. The van der Waals surface area contributed by atoms with Gasteiger partial charge in [0.2, 0.25) is 5.78 Å². The number of aldehydes is 1. The highest BCUT2D eigenvalue weighted by atomic mass is 16.6. The minimum Gasteiger partial charge on any atom is -0.444 e. The quantitative estimate of drug-likeness (QED) is 0.538. The van der Waals surface area contributed by atoms with Gasteiger partial charge in [-0.05, 0) is 27.7 Å². The third-order valence-electron chi connectivity index (χ3n) is 1.28. The average Bonchev–Trinajstić information content (AvgIpc) is 1.99. The SMILES string of the molecule is CC(NC(=O)OC(C)(C)C)C(=O)C=O. The van der Waals surface area contributed by atoms with Crippen molar-refractivity contribution >= 4 is 18.2 Å². The molecule has 0 aromatic heterocycles. The van der Waals surface area contributed by atoms with Crippen molar-refractivity contribution in [3.63, 3.8) is 0 Å². The number of amides is 1. The van der Waals surface area contributed by atoms with Gasteiger partial charge in [-0.1, -0.05) is 0 Å². The van der Waals surface area contributed by atoms with Crippen LogP contribution in [-0.4, -0.2) is 29.8 Å². The lowest BCUT2D eigenvalue weighted by atomic mass is 10.2. The first-order valence-corrected chi connectivity index (χ1v) is 4.25. The Morgan fingerprint density at radius 2 is 1.86 bits per heavy atom. The van der Waals surface area contributed by atoms with E-state index in [4.69, 9.17) is 4.74 Å². The molecule has 5 nitrogen and oxygen atoms in total. The van der Waals surface area contributed by atoms with Crippen molar-refractivity contribution in [2.45, 2.75) is 39.3 Å². The third kappa shape index (κ3) is 5.29. The first kappa shape index (κ1) is 12.6.